The molecule has 2 N–H and O–H groups in total. The van der Waals surface area contributed by atoms with E-state index in [1.165, 1.54) is 18.2 Å². The Kier molecular flexibility index (Phi) is 7.01. The quantitative estimate of drug-likeness (QED) is 0.548. The predicted octanol–water partition coefficient (Wildman–Crippen LogP) is 4.44. The van der Waals surface area contributed by atoms with Gasteiger partial charge in [0.15, 0.2) is 0 Å². The van der Waals surface area contributed by atoms with Crippen LogP contribution in [0.4, 0.5) is 10.1 Å². The number of carbonyl (C=O) groups is 3. The Balaban J connectivity index is 1.40. The van der Waals surface area contributed by atoms with Crippen LogP contribution in [-0.2, 0) is 17.9 Å². The lowest BCUT2D eigenvalue weighted by Gasteiger charge is -2.16. The van der Waals surface area contributed by atoms with Crippen molar-refractivity contribution in [1.29, 1.82) is 0 Å². The van der Waals surface area contributed by atoms with E-state index in [0.717, 1.165) is 29.7 Å². The first kappa shape index (κ1) is 23.2. The molecule has 0 atom stereocenters. The second-order valence-electron chi connectivity index (χ2n) is 8.39. The van der Waals surface area contributed by atoms with Crippen molar-refractivity contribution < 1.29 is 18.8 Å². The molecule has 3 aromatic rings. The van der Waals surface area contributed by atoms with E-state index in [2.05, 4.69) is 10.6 Å². The molecule has 1 heterocycles. The molecule has 0 bridgehead atoms. The molecule has 6 nitrogen and oxygen atoms in total. The highest BCUT2D eigenvalue weighted by Gasteiger charge is 2.20. The topological polar surface area (TPSA) is 78.5 Å². The number of rotatable bonds is 7. The number of nitrogens with one attached hydrogen (secondary N) is 2. The molecule has 4 rings (SSSR count). The maximum absolute atomic E-state index is 13.9. The Bertz CT molecular complexity index is 1240. The number of aryl methyl sites for hydroxylation is 1. The molecule has 174 valence electrons. The zero-order valence-corrected chi connectivity index (χ0v) is 18.9. The van der Waals surface area contributed by atoms with Crippen LogP contribution in [0.3, 0.4) is 0 Å². The first-order chi connectivity index (χ1) is 16.4. The fourth-order valence-electron chi connectivity index (χ4n) is 3.95. The van der Waals surface area contributed by atoms with Crippen molar-refractivity contribution in [3.8, 4) is 0 Å². The van der Waals surface area contributed by atoms with E-state index in [4.69, 9.17) is 0 Å². The van der Waals surface area contributed by atoms with Crippen molar-refractivity contribution >= 4 is 23.4 Å². The van der Waals surface area contributed by atoms with Crippen LogP contribution in [0.2, 0.25) is 0 Å². The smallest absolute Gasteiger partial charge is 0.258 e. The summed E-state index contributed by atoms with van der Waals surface area (Å²) in [4.78, 5) is 39.0. The fraction of sp³-hybridized carbons (Fsp3) is 0.222. The SMILES string of the molecule is Cc1ccc(C(=O)NCc2cccc(CN3CCCC3=O)c2)cc1NC(=O)c1ccccc1F. The van der Waals surface area contributed by atoms with E-state index in [1.54, 1.807) is 31.2 Å². The van der Waals surface area contributed by atoms with E-state index in [9.17, 15) is 18.8 Å². The van der Waals surface area contributed by atoms with Gasteiger partial charge in [0.1, 0.15) is 5.82 Å². The standard InChI is InChI=1S/C27H26FN3O3/c1-18-11-12-21(15-24(18)30-27(34)22-8-2-3-9-23(22)28)26(33)29-16-19-6-4-7-20(14-19)17-31-13-5-10-25(31)32/h2-4,6-9,11-12,14-15H,5,10,13,16-17H2,1H3,(H,29,33)(H,30,34). The average molecular weight is 460 g/mol. The maximum Gasteiger partial charge on any atom is 0.258 e. The molecular formula is C27H26FN3O3. The molecule has 0 aromatic heterocycles. The lowest BCUT2D eigenvalue weighted by Crippen LogP contribution is -2.25. The summed E-state index contributed by atoms with van der Waals surface area (Å²) in [6, 6.07) is 18.5. The van der Waals surface area contributed by atoms with Crippen molar-refractivity contribution in [3.63, 3.8) is 0 Å². The summed E-state index contributed by atoms with van der Waals surface area (Å²) in [6.45, 7) is 3.48. The van der Waals surface area contributed by atoms with E-state index in [-0.39, 0.29) is 17.4 Å². The highest BCUT2D eigenvalue weighted by Crippen LogP contribution is 2.19. The Morgan fingerprint density at radius 3 is 2.53 bits per heavy atom. The van der Waals surface area contributed by atoms with Crippen molar-refractivity contribution in [2.45, 2.75) is 32.9 Å². The van der Waals surface area contributed by atoms with Gasteiger partial charge in [-0.05, 0) is 54.3 Å². The zero-order valence-electron chi connectivity index (χ0n) is 18.9. The lowest BCUT2D eigenvalue weighted by atomic mass is 10.1. The van der Waals surface area contributed by atoms with Gasteiger partial charge in [-0.1, -0.05) is 42.5 Å². The number of likely N-dealkylation sites (tertiary alicyclic amines) is 1. The molecule has 1 fully saturated rings. The van der Waals surface area contributed by atoms with Gasteiger partial charge in [-0.3, -0.25) is 14.4 Å². The summed E-state index contributed by atoms with van der Waals surface area (Å²) in [6.07, 6.45) is 1.50. The van der Waals surface area contributed by atoms with Crippen molar-refractivity contribution in [1.82, 2.24) is 10.2 Å². The second-order valence-corrected chi connectivity index (χ2v) is 8.39. The summed E-state index contributed by atoms with van der Waals surface area (Å²) < 4.78 is 13.9. The molecule has 1 saturated heterocycles. The van der Waals surface area contributed by atoms with Gasteiger partial charge in [0.2, 0.25) is 5.91 Å². The number of nitrogens with zero attached hydrogens (tertiary/aromatic N) is 1. The van der Waals surface area contributed by atoms with E-state index >= 15 is 0 Å². The van der Waals surface area contributed by atoms with Gasteiger partial charge in [-0.15, -0.1) is 0 Å². The van der Waals surface area contributed by atoms with Crippen molar-refractivity contribution in [2.75, 3.05) is 11.9 Å². The van der Waals surface area contributed by atoms with Crippen LogP contribution in [-0.4, -0.2) is 29.2 Å². The number of hydrogen-bond acceptors (Lipinski definition) is 3. The summed E-state index contributed by atoms with van der Waals surface area (Å²) >= 11 is 0. The molecule has 1 aliphatic heterocycles. The number of carbonyl (C=O) groups excluding carboxylic acids is 3. The maximum atomic E-state index is 13.9. The van der Waals surface area contributed by atoms with Gasteiger partial charge in [-0.2, -0.15) is 0 Å². The van der Waals surface area contributed by atoms with E-state index in [0.29, 0.717) is 30.8 Å². The summed E-state index contributed by atoms with van der Waals surface area (Å²) in [5.74, 6) is -1.30. The Labute approximate surface area is 197 Å². The van der Waals surface area contributed by atoms with Gasteiger partial charge < -0.3 is 15.5 Å². The molecule has 3 aromatic carbocycles. The summed E-state index contributed by atoms with van der Waals surface area (Å²) in [7, 11) is 0. The molecule has 0 saturated carbocycles. The third kappa shape index (κ3) is 5.49. The molecule has 0 unspecified atom stereocenters. The first-order valence-corrected chi connectivity index (χ1v) is 11.2. The van der Waals surface area contributed by atoms with Crippen LogP contribution in [0.25, 0.3) is 0 Å². The first-order valence-electron chi connectivity index (χ1n) is 11.2. The monoisotopic (exact) mass is 459 g/mol. The predicted molar refractivity (Wildman–Crippen MR) is 128 cm³/mol. The number of anilines is 1. The summed E-state index contributed by atoms with van der Waals surface area (Å²) in [5, 5.41) is 5.58. The third-order valence-electron chi connectivity index (χ3n) is 5.86. The van der Waals surface area contributed by atoms with Gasteiger partial charge in [0, 0.05) is 37.3 Å². The van der Waals surface area contributed by atoms with E-state index in [1.807, 2.05) is 29.2 Å². The molecule has 3 amide bonds. The molecule has 1 aliphatic rings. The minimum atomic E-state index is -0.608. The lowest BCUT2D eigenvalue weighted by molar-refractivity contribution is -0.128. The third-order valence-corrected chi connectivity index (χ3v) is 5.86. The molecule has 0 spiro atoms. The second kappa shape index (κ2) is 10.3. The number of hydrogen-bond donors (Lipinski definition) is 2. The van der Waals surface area contributed by atoms with Gasteiger partial charge in [0.05, 0.1) is 5.56 Å². The highest BCUT2D eigenvalue weighted by molar-refractivity contribution is 6.05. The minimum Gasteiger partial charge on any atom is -0.348 e. The minimum absolute atomic E-state index is 0.0627. The number of amides is 3. The van der Waals surface area contributed by atoms with Crippen LogP contribution in [0.1, 0.15) is 50.2 Å². The number of halogens is 1. The van der Waals surface area contributed by atoms with Crippen LogP contribution in [0.15, 0.2) is 66.7 Å². The van der Waals surface area contributed by atoms with Crippen LogP contribution in [0, 0.1) is 12.7 Å². The van der Waals surface area contributed by atoms with Crippen molar-refractivity contribution in [2.24, 2.45) is 0 Å². The normalized spacial score (nSPS) is 13.1. The zero-order chi connectivity index (χ0) is 24.1. The average Bonchev–Trinajstić information content (AvgIpc) is 3.23. The van der Waals surface area contributed by atoms with Crippen molar-refractivity contribution in [3.05, 3.63) is 100 Å². The fourth-order valence-corrected chi connectivity index (χ4v) is 3.95. The Morgan fingerprint density at radius 2 is 1.76 bits per heavy atom. The van der Waals surface area contributed by atoms with Gasteiger partial charge in [0.25, 0.3) is 11.8 Å². The molecule has 0 aliphatic carbocycles. The largest absolute Gasteiger partial charge is 0.348 e. The molecule has 7 heteroatoms. The number of benzene rings is 3. The van der Waals surface area contributed by atoms with Crippen LogP contribution < -0.4 is 10.6 Å². The van der Waals surface area contributed by atoms with Gasteiger partial charge >= 0.3 is 0 Å². The molecular weight excluding hydrogens is 433 g/mol. The molecule has 0 radical (unpaired) electrons. The van der Waals surface area contributed by atoms with Crippen LogP contribution in [0.5, 0.6) is 0 Å². The molecule has 34 heavy (non-hydrogen) atoms. The Morgan fingerprint density at radius 1 is 0.971 bits per heavy atom. The van der Waals surface area contributed by atoms with Crippen LogP contribution >= 0.6 is 0 Å². The van der Waals surface area contributed by atoms with E-state index < -0.39 is 11.7 Å². The summed E-state index contributed by atoms with van der Waals surface area (Å²) in [5.41, 5.74) is 3.47. The highest BCUT2D eigenvalue weighted by atomic mass is 19.1. The Hall–Kier alpha value is -4.00. The van der Waals surface area contributed by atoms with Gasteiger partial charge in [-0.25, -0.2) is 4.39 Å².